The van der Waals surface area contributed by atoms with E-state index in [4.69, 9.17) is 5.73 Å². The molecule has 2 atom stereocenters. The van der Waals surface area contributed by atoms with E-state index < -0.39 is 9.84 Å². The van der Waals surface area contributed by atoms with Gasteiger partial charge in [-0.1, -0.05) is 38.3 Å². The zero-order chi connectivity index (χ0) is 13.2. The average Bonchev–Trinajstić information content (AvgIpc) is 2.39. The monoisotopic (exact) mass is 267 g/mol. The predicted octanol–water partition coefficient (Wildman–Crippen LogP) is 3.01. The molecule has 1 aromatic carbocycles. The molecule has 1 fully saturated rings. The number of para-hydroxylation sites is 1. The number of anilines is 1. The molecule has 1 saturated carbocycles. The van der Waals surface area contributed by atoms with Crippen LogP contribution in [0.25, 0.3) is 0 Å². The van der Waals surface area contributed by atoms with Gasteiger partial charge in [-0.15, -0.1) is 0 Å². The van der Waals surface area contributed by atoms with Gasteiger partial charge in [-0.05, 0) is 30.9 Å². The topological polar surface area (TPSA) is 60.2 Å². The minimum Gasteiger partial charge on any atom is -0.398 e. The van der Waals surface area contributed by atoms with Crippen LogP contribution in [0.2, 0.25) is 0 Å². The van der Waals surface area contributed by atoms with Crippen LogP contribution in [0.4, 0.5) is 5.69 Å². The Kier molecular flexibility index (Phi) is 3.95. The summed E-state index contributed by atoms with van der Waals surface area (Å²) in [5.41, 5.74) is 6.19. The summed E-state index contributed by atoms with van der Waals surface area (Å²) in [5.74, 6) is 0.281. The van der Waals surface area contributed by atoms with Crippen molar-refractivity contribution in [1.82, 2.24) is 0 Å². The van der Waals surface area contributed by atoms with Crippen LogP contribution in [-0.2, 0) is 9.84 Å². The van der Waals surface area contributed by atoms with Gasteiger partial charge in [0.15, 0.2) is 9.84 Å². The Morgan fingerprint density at radius 2 is 1.89 bits per heavy atom. The summed E-state index contributed by atoms with van der Waals surface area (Å²) in [6.07, 6.45) is 4.88. The highest BCUT2D eigenvalue weighted by atomic mass is 32.2. The van der Waals surface area contributed by atoms with Crippen LogP contribution in [0.5, 0.6) is 0 Å². The van der Waals surface area contributed by atoms with E-state index >= 15 is 0 Å². The second-order valence-electron chi connectivity index (χ2n) is 5.07. The first kappa shape index (κ1) is 13.4. The maximum absolute atomic E-state index is 12.7. The number of sulfone groups is 1. The van der Waals surface area contributed by atoms with Crippen molar-refractivity contribution in [1.29, 1.82) is 0 Å². The number of benzene rings is 1. The Balaban J connectivity index is 2.39. The molecule has 100 valence electrons. The molecule has 4 heteroatoms. The largest absolute Gasteiger partial charge is 0.398 e. The fraction of sp³-hybridized carbons (Fsp3) is 0.571. The van der Waals surface area contributed by atoms with E-state index in [-0.39, 0.29) is 11.2 Å². The van der Waals surface area contributed by atoms with Crippen molar-refractivity contribution in [3.05, 3.63) is 24.3 Å². The van der Waals surface area contributed by atoms with E-state index in [1.54, 1.807) is 24.3 Å². The Bertz CT molecular complexity index is 510. The Hall–Kier alpha value is -1.03. The summed E-state index contributed by atoms with van der Waals surface area (Å²) in [6.45, 7) is 2.08. The molecule has 0 spiro atoms. The van der Waals surface area contributed by atoms with Crippen molar-refractivity contribution in [2.75, 3.05) is 5.73 Å². The van der Waals surface area contributed by atoms with Gasteiger partial charge in [0.2, 0.25) is 0 Å². The van der Waals surface area contributed by atoms with Crippen LogP contribution < -0.4 is 5.73 Å². The minimum absolute atomic E-state index is 0.249. The fourth-order valence-corrected chi connectivity index (χ4v) is 5.26. The molecular formula is C14H21NO2S. The molecule has 0 radical (unpaired) electrons. The van der Waals surface area contributed by atoms with Crippen molar-refractivity contribution in [2.24, 2.45) is 5.92 Å². The van der Waals surface area contributed by atoms with Gasteiger partial charge in [0, 0.05) is 0 Å². The van der Waals surface area contributed by atoms with E-state index in [1.165, 1.54) is 0 Å². The number of hydrogen-bond donors (Lipinski definition) is 1. The summed E-state index contributed by atoms with van der Waals surface area (Å²) in [5, 5.41) is -0.249. The molecule has 0 bridgehead atoms. The van der Waals surface area contributed by atoms with E-state index in [9.17, 15) is 8.42 Å². The Morgan fingerprint density at radius 1 is 1.22 bits per heavy atom. The van der Waals surface area contributed by atoms with Crippen LogP contribution in [0, 0.1) is 5.92 Å². The summed E-state index contributed by atoms with van der Waals surface area (Å²) < 4.78 is 25.4. The van der Waals surface area contributed by atoms with E-state index in [1.807, 2.05) is 0 Å². The minimum atomic E-state index is -3.28. The highest BCUT2D eigenvalue weighted by Crippen LogP contribution is 2.36. The standard InChI is InChI=1S/C14H21NO2S/c1-2-11-7-3-5-9-13(11)18(16,17)14-10-6-4-8-12(14)15/h4,6,8,10-11,13H,2-3,5,7,9,15H2,1H3. The molecule has 0 aromatic heterocycles. The molecule has 1 aromatic rings. The lowest BCUT2D eigenvalue weighted by Gasteiger charge is -2.30. The van der Waals surface area contributed by atoms with Crippen LogP contribution in [0.1, 0.15) is 39.0 Å². The third-order valence-electron chi connectivity index (χ3n) is 3.99. The molecule has 0 saturated heterocycles. The van der Waals surface area contributed by atoms with Crippen molar-refractivity contribution < 1.29 is 8.42 Å². The van der Waals surface area contributed by atoms with Gasteiger partial charge in [-0.25, -0.2) is 8.42 Å². The molecule has 0 amide bonds. The molecule has 2 rings (SSSR count). The third kappa shape index (κ3) is 2.39. The van der Waals surface area contributed by atoms with Gasteiger partial charge in [-0.2, -0.15) is 0 Å². The summed E-state index contributed by atoms with van der Waals surface area (Å²) in [7, 11) is -3.28. The second kappa shape index (κ2) is 5.31. The lowest BCUT2D eigenvalue weighted by atomic mass is 9.87. The molecule has 0 aliphatic heterocycles. The van der Waals surface area contributed by atoms with Crippen LogP contribution in [0.3, 0.4) is 0 Å². The van der Waals surface area contributed by atoms with Crippen molar-refractivity contribution in [3.8, 4) is 0 Å². The normalized spacial score (nSPS) is 24.9. The van der Waals surface area contributed by atoms with Gasteiger partial charge in [0.05, 0.1) is 15.8 Å². The first-order chi connectivity index (χ1) is 8.57. The molecule has 18 heavy (non-hydrogen) atoms. The molecule has 0 heterocycles. The molecule has 1 aliphatic rings. The Labute approximate surface area is 109 Å². The second-order valence-corrected chi connectivity index (χ2v) is 7.21. The van der Waals surface area contributed by atoms with Gasteiger partial charge in [-0.3, -0.25) is 0 Å². The Morgan fingerprint density at radius 3 is 2.56 bits per heavy atom. The smallest absolute Gasteiger partial charge is 0.183 e. The maximum Gasteiger partial charge on any atom is 0.183 e. The van der Waals surface area contributed by atoms with E-state index in [0.29, 0.717) is 10.6 Å². The SMILES string of the molecule is CCC1CCCCC1S(=O)(=O)c1ccccc1N. The summed E-state index contributed by atoms with van der Waals surface area (Å²) >= 11 is 0. The van der Waals surface area contributed by atoms with Crippen LogP contribution in [0.15, 0.2) is 29.2 Å². The number of hydrogen-bond acceptors (Lipinski definition) is 3. The highest BCUT2D eigenvalue weighted by molar-refractivity contribution is 7.92. The van der Waals surface area contributed by atoms with Gasteiger partial charge in [0.25, 0.3) is 0 Å². The molecule has 3 nitrogen and oxygen atoms in total. The first-order valence-electron chi connectivity index (χ1n) is 6.65. The van der Waals surface area contributed by atoms with Crippen LogP contribution >= 0.6 is 0 Å². The number of rotatable bonds is 3. The fourth-order valence-electron chi connectivity index (χ4n) is 2.95. The van der Waals surface area contributed by atoms with E-state index in [0.717, 1.165) is 32.1 Å². The average molecular weight is 267 g/mol. The lowest BCUT2D eigenvalue weighted by Crippen LogP contribution is -2.33. The van der Waals surface area contributed by atoms with Gasteiger partial charge >= 0.3 is 0 Å². The van der Waals surface area contributed by atoms with Crippen molar-refractivity contribution in [3.63, 3.8) is 0 Å². The first-order valence-corrected chi connectivity index (χ1v) is 8.20. The quantitative estimate of drug-likeness (QED) is 0.856. The summed E-state index contributed by atoms with van der Waals surface area (Å²) in [4.78, 5) is 0.315. The third-order valence-corrected chi connectivity index (χ3v) is 6.39. The number of nitrogens with two attached hydrogens (primary N) is 1. The zero-order valence-electron chi connectivity index (χ0n) is 10.8. The molecular weight excluding hydrogens is 246 g/mol. The summed E-state index contributed by atoms with van der Waals surface area (Å²) in [6, 6.07) is 6.81. The predicted molar refractivity (Wildman–Crippen MR) is 74.1 cm³/mol. The maximum atomic E-state index is 12.7. The van der Waals surface area contributed by atoms with Gasteiger partial charge in [0.1, 0.15) is 0 Å². The zero-order valence-corrected chi connectivity index (χ0v) is 11.6. The highest BCUT2D eigenvalue weighted by Gasteiger charge is 2.36. The van der Waals surface area contributed by atoms with Crippen molar-refractivity contribution >= 4 is 15.5 Å². The molecule has 2 unspecified atom stereocenters. The lowest BCUT2D eigenvalue weighted by molar-refractivity contribution is 0.348. The molecule has 1 aliphatic carbocycles. The van der Waals surface area contributed by atoms with Crippen molar-refractivity contribution in [2.45, 2.75) is 49.2 Å². The van der Waals surface area contributed by atoms with E-state index in [2.05, 4.69) is 6.92 Å². The number of nitrogen functional groups attached to an aromatic ring is 1. The molecule has 2 N–H and O–H groups in total. The van der Waals surface area contributed by atoms with Crippen LogP contribution in [-0.4, -0.2) is 13.7 Å². The van der Waals surface area contributed by atoms with Gasteiger partial charge < -0.3 is 5.73 Å².